The second-order valence-electron chi connectivity index (χ2n) is 5.68. The maximum Gasteiger partial charge on any atom is 0.495 e. The number of nitrogens with zero attached hydrogens (tertiary/aromatic N) is 1. The Morgan fingerprint density at radius 1 is 1.10 bits per heavy atom. The Morgan fingerprint density at radius 2 is 1.50 bits per heavy atom. The van der Waals surface area contributed by atoms with Crippen LogP contribution < -0.4 is 5.46 Å². The molecular weight excluding hydrogens is 271 g/mol. The molecular formula is C12H14BF2NO4. The van der Waals surface area contributed by atoms with Crippen molar-refractivity contribution in [3.8, 4) is 0 Å². The molecule has 0 unspecified atom stereocenters. The highest BCUT2D eigenvalue weighted by Crippen LogP contribution is 2.36. The van der Waals surface area contributed by atoms with Gasteiger partial charge in [-0.05, 0) is 45.3 Å². The van der Waals surface area contributed by atoms with Gasteiger partial charge in [0.1, 0.15) is 0 Å². The largest absolute Gasteiger partial charge is 0.495 e. The lowest BCUT2D eigenvalue weighted by Gasteiger charge is -2.32. The van der Waals surface area contributed by atoms with Crippen molar-refractivity contribution in [2.45, 2.75) is 38.9 Å². The summed E-state index contributed by atoms with van der Waals surface area (Å²) in [5.41, 5.74) is -2.42. The predicted octanol–water partition coefficient (Wildman–Crippen LogP) is 2.17. The van der Waals surface area contributed by atoms with Crippen molar-refractivity contribution in [1.29, 1.82) is 0 Å². The number of rotatable bonds is 2. The average Bonchev–Trinajstić information content (AvgIpc) is 2.46. The van der Waals surface area contributed by atoms with Crippen molar-refractivity contribution in [3.63, 3.8) is 0 Å². The van der Waals surface area contributed by atoms with Gasteiger partial charge in [-0.1, -0.05) is 0 Å². The Morgan fingerprint density at radius 3 is 1.85 bits per heavy atom. The Labute approximate surface area is 115 Å². The standard InChI is InChI=1S/C12H14BF2NO4/c1-11(2)12(3,4)20-13(19-11)7-5-8(14)10(16(17)18)9(15)6-7/h5-6H,1-4H3. The maximum atomic E-state index is 13.6. The van der Waals surface area contributed by atoms with Gasteiger partial charge in [0.05, 0.1) is 16.1 Å². The van der Waals surface area contributed by atoms with Crippen LogP contribution in [0.4, 0.5) is 14.5 Å². The summed E-state index contributed by atoms with van der Waals surface area (Å²) in [5.74, 6) is -2.50. The first kappa shape index (κ1) is 14.9. The molecule has 1 aromatic carbocycles. The Kier molecular flexibility index (Phi) is 3.34. The molecule has 0 aliphatic carbocycles. The maximum absolute atomic E-state index is 13.6. The molecule has 0 atom stereocenters. The molecule has 1 fully saturated rings. The zero-order chi connectivity index (χ0) is 15.3. The molecule has 20 heavy (non-hydrogen) atoms. The third-order valence-corrected chi connectivity index (χ3v) is 3.75. The minimum absolute atomic E-state index is 0.0734. The average molecular weight is 285 g/mol. The SMILES string of the molecule is CC1(C)OB(c2cc(F)c([N+](=O)[O-])c(F)c2)OC1(C)C. The van der Waals surface area contributed by atoms with Crippen LogP contribution in [0.2, 0.25) is 0 Å². The van der Waals surface area contributed by atoms with Crippen LogP contribution in [0.1, 0.15) is 27.7 Å². The number of halogens is 2. The molecule has 0 bridgehead atoms. The van der Waals surface area contributed by atoms with Crippen LogP contribution in [0.3, 0.4) is 0 Å². The lowest BCUT2D eigenvalue weighted by atomic mass is 9.79. The summed E-state index contributed by atoms with van der Waals surface area (Å²) in [7, 11) is -0.968. The highest BCUT2D eigenvalue weighted by atomic mass is 19.1. The smallest absolute Gasteiger partial charge is 0.399 e. The first-order chi connectivity index (χ1) is 9.05. The molecule has 5 nitrogen and oxygen atoms in total. The van der Waals surface area contributed by atoms with Gasteiger partial charge in [0, 0.05) is 0 Å². The summed E-state index contributed by atoms with van der Waals surface area (Å²) in [6.07, 6.45) is 0. The predicted molar refractivity (Wildman–Crippen MR) is 68.7 cm³/mol. The molecule has 0 aromatic heterocycles. The minimum Gasteiger partial charge on any atom is -0.399 e. The van der Waals surface area contributed by atoms with Crippen LogP contribution in [-0.4, -0.2) is 23.2 Å². The zero-order valence-corrected chi connectivity index (χ0v) is 11.6. The van der Waals surface area contributed by atoms with E-state index in [1.807, 2.05) is 0 Å². The molecule has 1 heterocycles. The molecule has 1 saturated heterocycles. The highest BCUT2D eigenvalue weighted by Gasteiger charge is 2.52. The lowest BCUT2D eigenvalue weighted by Crippen LogP contribution is -2.41. The molecule has 0 amide bonds. The fourth-order valence-corrected chi connectivity index (χ4v) is 1.87. The van der Waals surface area contributed by atoms with Crippen molar-refractivity contribution in [2.24, 2.45) is 0 Å². The van der Waals surface area contributed by atoms with E-state index in [0.29, 0.717) is 0 Å². The van der Waals surface area contributed by atoms with Gasteiger partial charge in [0.15, 0.2) is 0 Å². The van der Waals surface area contributed by atoms with E-state index < -0.39 is 40.6 Å². The van der Waals surface area contributed by atoms with E-state index in [1.165, 1.54) is 0 Å². The van der Waals surface area contributed by atoms with E-state index in [4.69, 9.17) is 9.31 Å². The summed E-state index contributed by atoms with van der Waals surface area (Å²) < 4.78 is 38.5. The first-order valence-electron chi connectivity index (χ1n) is 6.04. The summed E-state index contributed by atoms with van der Waals surface area (Å²) >= 11 is 0. The molecule has 1 aliphatic rings. The molecule has 1 aliphatic heterocycles. The van der Waals surface area contributed by atoms with E-state index in [1.54, 1.807) is 27.7 Å². The summed E-state index contributed by atoms with van der Waals surface area (Å²) in [6, 6.07) is 1.73. The molecule has 108 valence electrons. The Bertz CT molecular complexity index is 538. The van der Waals surface area contributed by atoms with Gasteiger partial charge < -0.3 is 9.31 Å². The molecule has 0 N–H and O–H groups in total. The van der Waals surface area contributed by atoms with Gasteiger partial charge in [-0.15, -0.1) is 0 Å². The quantitative estimate of drug-likeness (QED) is 0.474. The van der Waals surface area contributed by atoms with E-state index in [0.717, 1.165) is 12.1 Å². The fraction of sp³-hybridized carbons (Fsp3) is 0.500. The molecule has 2 rings (SSSR count). The van der Waals surface area contributed by atoms with Gasteiger partial charge >= 0.3 is 12.8 Å². The fourth-order valence-electron chi connectivity index (χ4n) is 1.87. The molecule has 0 spiro atoms. The number of hydrogen-bond donors (Lipinski definition) is 0. The third-order valence-electron chi connectivity index (χ3n) is 3.75. The Balaban J connectivity index is 2.40. The Hall–Kier alpha value is -1.54. The summed E-state index contributed by atoms with van der Waals surface area (Å²) in [6.45, 7) is 7.19. The van der Waals surface area contributed by atoms with E-state index >= 15 is 0 Å². The van der Waals surface area contributed by atoms with E-state index in [2.05, 4.69) is 0 Å². The molecule has 8 heteroatoms. The summed E-state index contributed by atoms with van der Waals surface area (Å²) in [5, 5.41) is 10.5. The topological polar surface area (TPSA) is 61.6 Å². The normalized spacial score (nSPS) is 20.2. The van der Waals surface area contributed by atoms with Crippen LogP contribution in [0.15, 0.2) is 12.1 Å². The van der Waals surface area contributed by atoms with E-state index in [-0.39, 0.29) is 5.46 Å². The van der Waals surface area contributed by atoms with Crippen molar-refractivity contribution in [1.82, 2.24) is 0 Å². The molecule has 1 aromatic rings. The van der Waals surface area contributed by atoms with Crippen LogP contribution >= 0.6 is 0 Å². The van der Waals surface area contributed by atoms with Crippen LogP contribution in [0, 0.1) is 21.7 Å². The number of nitro benzene ring substituents is 1. The first-order valence-corrected chi connectivity index (χ1v) is 6.04. The van der Waals surface area contributed by atoms with E-state index in [9.17, 15) is 18.9 Å². The summed E-state index contributed by atoms with van der Waals surface area (Å²) in [4.78, 5) is 9.45. The zero-order valence-electron chi connectivity index (χ0n) is 11.6. The van der Waals surface area contributed by atoms with Crippen molar-refractivity contribution in [2.75, 3.05) is 0 Å². The number of benzene rings is 1. The second-order valence-corrected chi connectivity index (χ2v) is 5.68. The lowest BCUT2D eigenvalue weighted by molar-refractivity contribution is -0.390. The minimum atomic E-state index is -1.25. The van der Waals surface area contributed by atoms with Crippen molar-refractivity contribution in [3.05, 3.63) is 33.9 Å². The van der Waals surface area contributed by atoms with Crippen LogP contribution in [0.5, 0.6) is 0 Å². The third kappa shape index (κ3) is 2.29. The van der Waals surface area contributed by atoms with Crippen molar-refractivity contribution >= 4 is 18.3 Å². The van der Waals surface area contributed by atoms with Gasteiger partial charge in [-0.25, -0.2) is 0 Å². The number of nitro groups is 1. The van der Waals surface area contributed by atoms with Crippen LogP contribution in [0.25, 0.3) is 0 Å². The van der Waals surface area contributed by atoms with Crippen LogP contribution in [-0.2, 0) is 9.31 Å². The monoisotopic (exact) mass is 285 g/mol. The van der Waals surface area contributed by atoms with Gasteiger partial charge in [0.25, 0.3) is 0 Å². The molecule has 0 saturated carbocycles. The van der Waals surface area contributed by atoms with Gasteiger partial charge in [0.2, 0.25) is 11.6 Å². The van der Waals surface area contributed by atoms with Gasteiger partial charge in [-0.3, -0.25) is 10.1 Å². The number of hydrogen-bond acceptors (Lipinski definition) is 4. The second kappa shape index (κ2) is 4.49. The van der Waals surface area contributed by atoms with Crippen molar-refractivity contribution < 1.29 is 23.0 Å². The molecule has 0 radical (unpaired) electrons. The van der Waals surface area contributed by atoms with Gasteiger partial charge in [-0.2, -0.15) is 8.78 Å². The highest BCUT2D eigenvalue weighted by molar-refractivity contribution is 6.62.